The molecule has 0 aliphatic carbocycles. The molecule has 17 heavy (non-hydrogen) atoms. The van der Waals surface area contributed by atoms with Crippen LogP contribution < -0.4 is 5.32 Å². The third kappa shape index (κ3) is 1.91. The number of nitrogens with zero attached hydrogens (tertiary/aromatic N) is 1. The first-order valence-electron chi connectivity index (χ1n) is 6.11. The number of hydrogen-bond donors (Lipinski definition) is 1. The lowest BCUT2D eigenvalue weighted by atomic mass is 9.97. The summed E-state index contributed by atoms with van der Waals surface area (Å²) in [6, 6.07) is 15.1. The van der Waals surface area contributed by atoms with Crippen molar-refractivity contribution in [3.63, 3.8) is 0 Å². The van der Waals surface area contributed by atoms with E-state index in [4.69, 9.17) is 0 Å². The van der Waals surface area contributed by atoms with E-state index in [0.717, 1.165) is 18.9 Å². The Morgan fingerprint density at radius 1 is 1.12 bits per heavy atom. The molecule has 1 aliphatic rings. The topological polar surface area (TPSA) is 24.4 Å². The van der Waals surface area contributed by atoms with Crippen LogP contribution in [0.2, 0.25) is 0 Å². The van der Waals surface area contributed by atoms with Crippen LogP contribution in [-0.2, 0) is 0 Å². The van der Waals surface area contributed by atoms with Gasteiger partial charge in [0.25, 0.3) is 0 Å². The summed E-state index contributed by atoms with van der Waals surface area (Å²) in [5.74, 6) is 1.49. The van der Waals surface area contributed by atoms with Crippen LogP contribution in [0.25, 0.3) is 10.8 Å². The first-order valence-corrected chi connectivity index (χ1v) is 6.11. The highest BCUT2D eigenvalue weighted by Gasteiger charge is 2.15. The lowest BCUT2D eigenvalue weighted by molar-refractivity contribution is 0.920. The Morgan fingerprint density at radius 2 is 1.94 bits per heavy atom. The summed E-state index contributed by atoms with van der Waals surface area (Å²) in [6.07, 6.45) is 0. The second-order valence-corrected chi connectivity index (χ2v) is 4.52. The first kappa shape index (κ1) is 10.3. The number of benzene rings is 2. The van der Waals surface area contributed by atoms with E-state index in [1.165, 1.54) is 16.3 Å². The van der Waals surface area contributed by atoms with Gasteiger partial charge in [-0.3, -0.25) is 4.99 Å². The number of aliphatic imine (C=N–C) groups is 1. The zero-order valence-electron chi connectivity index (χ0n) is 9.98. The van der Waals surface area contributed by atoms with Gasteiger partial charge in [-0.05, 0) is 16.3 Å². The van der Waals surface area contributed by atoms with Gasteiger partial charge in [0.1, 0.15) is 5.84 Å². The molecular formula is C15H16N2. The summed E-state index contributed by atoms with van der Waals surface area (Å²) in [7, 11) is 0. The summed E-state index contributed by atoms with van der Waals surface area (Å²) in [5.41, 5.74) is 1.33. The van der Waals surface area contributed by atoms with E-state index in [1.54, 1.807) is 0 Å². The maximum Gasteiger partial charge on any atom is 0.104 e. The van der Waals surface area contributed by atoms with E-state index in [1.807, 2.05) is 0 Å². The van der Waals surface area contributed by atoms with E-state index >= 15 is 0 Å². The van der Waals surface area contributed by atoms with E-state index < -0.39 is 0 Å². The average Bonchev–Trinajstić information content (AvgIpc) is 2.91. The van der Waals surface area contributed by atoms with Crippen LogP contribution in [0.3, 0.4) is 0 Å². The Bertz CT molecular complexity index is 572. The van der Waals surface area contributed by atoms with E-state index in [-0.39, 0.29) is 0 Å². The average molecular weight is 224 g/mol. The molecule has 86 valence electrons. The molecule has 2 nitrogen and oxygen atoms in total. The van der Waals surface area contributed by atoms with Gasteiger partial charge in [0.15, 0.2) is 0 Å². The van der Waals surface area contributed by atoms with Crippen molar-refractivity contribution in [2.75, 3.05) is 13.1 Å². The van der Waals surface area contributed by atoms with Gasteiger partial charge in [0.2, 0.25) is 0 Å². The molecule has 1 N–H and O–H groups in total. The van der Waals surface area contributed by atoms with E-state index in [0.29, 0.717) is 5.92 Å². The Kier molecular flexibility index (Phi) is 2.56. The molecule has 2 aromatic carbocycles. The quantitative estimate of drug-likeness (QED) is 0.833. The highest BCUT2D eigenvalue weighted by Crippen LogP contribution is 2.22. The van der Waals surface area contributed by atoms with Gasteiger partial charge < -0.3 is 5.32 Å². The van der Waals surface area contributed by atoms with E-state index in [9.17, 15) is 0 Å². The van der Waals surface area contributed by atoms with Crippen LogP contribution in [0.15, 0.2) is 47.5 Å². The third-order valence-electron chi connectivity index (χ3n) is 3.38. The van der Waals surface area contributed by atoms with Crippen LogP contribution in [0, 0.1) is 0 Å². The molecule has 1 atom stereocenters. The van der Waals surface area contributed by atoms with Crippen molar-refractivity contribution in [2.45, 2.75) is 12.8 Å². The molecule has 2 aromatic rings. The largest absolute Gasteiger partial charge is 0.371 e. The summed E-state index contributed by atoms with van der Waals surface area (Å²) in [4.78, 5) is 4.50. The van der Waals surface area contributed by atoms with Crippen molar-refractivity contribution in [1.29, 1.82) is 0 Å². The lowest BCUT2D eigenvalue weighted by Crippen LogP contribution is -2.23. The highest BCUT2D eigenvalue weighted by molar-refractivity contribution is 5.91. The monoisotopic (exact) mass is 224 g/mol. The molecule has 0 spiro atoms. The van der Waals surface area contributed by atoms with Gasteiger partial charge in [-0.15, -0.1) is 0 Å². The van der Waals surface area contributed by atoms with Gasteiger partial charge in [0, 0.05) is 12.5 Å². The van der Waals surface area contributed by atoms with Crippen molar-refractivity contribution in [3.8, 4) is 0 Å². The Balaban J connectivity index is 2.00. The van der Waals surface area contributed by atoms with Gasteiger partial charge in [-0.1, -0.05) is 49.4 Å². The van der Waals surface area contributed by atoms with Gasteiger partial charge >= 0.3 is 0 Å². The molecule has 1 unspecified atom stereocenters. The molecule has 3 rings (SSSR count). The molecule has 2 heteroatoms. The molecule has 1 heterocycles. The van der Waals surface area contributed by atoms with E-state index in [2.05, 4.69) is 59.7 Å². The SMILES string of the molecule is CC(C1=NCCN1)c1ccc2ccccc2c1. The highest BCUT2D eigenvalue weighted by atomic mass is 15.1. The summed E-state index contributed by atoms with van der Waals surface area (Å²) < 4.78 is 0. The minimum absolute atomic E-state index is 0.363. The van der Waals surface area contributed by atoms with Gasteiger partial charge in [-0.25, -0.2) is 0 Å². The summed E-state index contributed by atoms with van der Waals surface area (Å²) >= 11 is 0. The normalized spacial score (nSPS) is 16.6. The van der Waals surface area contributed by atoms with Crippen molar-refractivity contribution in [2.24, 2.45) is 4.99 Å². The Morgan fingerprint density at radius 3 is 2.71 bits per heavy atom. The molecule has 0 saturated heterocycles. The molecule has 0 fully saturated rings. The minimum Gasteiger partial charge on any atom is -0.371 e. The van der Waals surface area contributed by atoms with Crippen molar-refractivity contribution >= 4 is 16.6 Å². The molecule has 0 amide bonds. The minimum atomic E-state index is 0.363. The fraction of sp³-hybridized carbons (Fsp3) is 0.267. The smallest absolute Gasteiger partial charge is 0.104 e. The fourth-order valence-electron chi connectivity index (χ4n) is 2.34. The second kappa shape index (κ2) is 4.21. The standard InChI is InChI=1S/C15H16N2/c1-11(15-16-8-9-17-15)13-7-6-12-4-2-3-5-14(12)10-13/h2-7,10-11H,8-9H2,1H3,(H,16,17). The molecule has 0 aromatic heterocycles. The van der Waals surface area contributed by atoms with Crippen LogP contribution in [0.5, 0.6) is 0 Å². The first-order chi connectivity index (χ1) is 8.34. The maximum atomic E-state index is 4.50. The molecular weight excluding hydrogens is 208 g/mol. The van der Waals surface area contributed by atoms with Crippen LogP contribution in [0.4, 0.5) is 0 Å². The van der Waals surface area contributed by atoms with Crippen molar-refractivity contribution in [1.82, 2.24) is 5.32 Å². The van der Waals surface area contributed by atoms with Crippen LogP contribution in [0.1, 0.15) is 18.4 Å². The molecule has 1 aliphatic heterocycles. The van der Waals surface area contributed by atoms with Crippen molar-refractivity contribution in [3.05, 3.63) is 48.0 Å². The molecule has 0 bridgehead atoms. The Labute approximate surface area is 101 Å². The van der Waals surface area contributed by atoms with Gasteiger partial charge in [-0.2, -0.15) is 0 Å². The predicted molar refractivity (Wildman–Crippen MR) is 72.7 cm³/mol. The number of fused-ring (bicyclic) bond motifs is 1. The zero-order valence-corrected chi connectivity index (χ0v) is 9.98. The van der Waals surface area contributed by atoms with Crippen molar-refractivity contribution < 1.29 is 0 Å². The second-order valence-electron chi connectivity index (χ2n) is 4.52. The summed E-state index contributed by atoms with van der Waals surface area (Å²) in [5, 5.41) is 5.95. The maximum absolute atomic E-state index is 4.50. The predicted octanol–water partition coefficient (Wildman–Crippen LogP) is 2.95. The Hall–Kier alpha value is -1.83. The third-order valence-corrected chi connectivity index (χ3v) is 3.38. The fourth-order valence-corrected chi connectivity index (χ4v) is 2.34. The number of nitrogens with one attached hydrogen (secondary N) is 1. The summed E-state index contributed by atoms with van der Waals surface area (Å²) in [6.45, 7) is 4.10. The van der Waals surface area contributed by atoms with Crippen LogP contribution >= 0.6 is 0 Å². The van der Waals surface area contributed by atoms with Crippen LogP contribution in [-0.4, -0.2) is 18.9 Å². The molecule has 0 saturated carbocycles. The zero-order chi connectivity index (χ0) is 11.7. The molecule has 0 radical (unpaired) electrons. The van der Waals surface area contributed by atoms with Gasteiger partial charge in [0.05, 0.1) is 6.54 Å². The number of hydrogen-bond acceptors (Lipinski definition) is 2. The number of rotatable bonds is 2. The lowest BCUT2D eigenvalue weighted by Gasteiger charge is -2.13. The number of amidine groups is 1.